The molecule has 1 nitrogen and oxygen atoms in total. The first-order valence-corrected chi connectivity index (χ1v) is 3.92. The molecule has 0 saturated carbocycles. The van der Waals surface area contributed by atoms with Crippen molar-refractivity contribution in [1.82, 2.24) is 0 Å². The minimum atomic E-state index is -4.34. The van der Waals surface area contributed by atoms with Gasteiger partial charge in [-0.15, -0.1) is 0 Å². The molecule has 4 heteroatoms. The van der Waals surface area contributed by atoms with Crippen LogP contribution in [-0.4, -0.2) is 0 Å². The summed E-state index contributed by atoms with van der Waals surface area (Å²) >= 11 is 0. The predicted octanol–water partition coefficient (Wildman–Crippen LogP) is 3.87. The number of hydrogen-bond donors (Lipinski definition) is 0. The lowest BCUT2D eigenvalue weighted by Gasteiger charge is -2.10. The molecule has 0 fully saturated rings. The van der Waals surface area contributed by atoms with Crippen LogP contribution in [0, 0.1) is 20.4 Å². The molecule has 1 aromatic carbocycles. The second kappa shape index (κ2) is 3.33. The van der Waals surface area contributed by atoms with E-state index in [0.29, 0.717) is 16.8 Å². The third kappa shape index (κ3) is 1.87. The number of benzene rings is 1. The molecule has 0 bridgehead atoms. The summed E-state index contributed by atoms with van der Waals surface area (Å²) in [5.74, 6) is 0. The maximum Gasteiger partial charge on any atom is 0.416 e. The molecule has 0 aliphatic heterocycles. The fraction of sp³-hybridized carbons (Fsp3) is 0.300. The molecular formula is C10H8F3N. The largest absolute Gasteiger partial charge is 0.416 e. The minimum Gasteiger partial charge on any atom is -0.238 e. The highest BCUT2D eigenvalue weighted by molar-refractivity contribution is 5.59. The standard InChI is InChI=1S/C10H8F3N/c1-6-4-8(10(11,12)13)5-7(2)9(6)14-3/h4-5H,1-2H3. The summed E-state index contributed by atoms with van der Waals surface area (Å²) in [7, 11) is 0. The highest BCUT2D eigenvalue weighted by Crippen LogP contribution is 2.34. The molecule has 1 aromatic rings. The van der Waals surface area contributed by atoms with E-state index in [4.69, 9.17) is 6.57 Å². The molecule has 0 spiro atoms. The monoisotopic (exact) mass is 199 g/mol. The lowest BCUT2D eigenvalue weighted by molar-refractivity contribution is -0.137. The number of aryl methyl sites for hydroxylation is 2. The lowest BCUT2D eigenvalue weighted by Crippen LogP contribution is -2.05. The van der Waals surface area contributed by atoms with Crippen molar-refractivity contribution >= 4 is 5.69 Å². The zero-order chi connectivity index (χ0) is 10.9. The Morgan fingerprint density at radius 1 is 1.14 bits per heavy atom. The van der Waals surface area contributed by atoms with Crippen molar-refractivity contribution in [3.8, 4) is 0 Å². The number of nitrogens with zero attached hydrogens (tertiary/aromatic N) is 1. The second-order valence-electron chi connectivity index (χ2n) is 3.07. The molecule has 14 heavy (non-hydrogen) atoms. The summed E-state index contributed by atoms with van der Waals surface area (Å²) in [5, 5.41) is 0. The minimum absolute atomic E-state index is 0.304. The topological polar surface area (TPSA) is 4.36 Å². The van der Waals surface area contributed by atoms with Crippen molar-refractivity contribution in [2.45, 2.75) is 20.0 Å². The number of rotatable bonds is 0. The number of alkyl halides is 3. The molecule has 0 saturated heterocycles. The molecule has 0 aliphatic carbocycles. The van der Waals surface area contributed by atoms with E-state index in [1.807, 2.05) is 0 Å². The van der Waals surface area contributed by atoms with Crippen LogP contribution in [0.2, 0.25) is 0 Å². The fourth-order valence-corrected chi connectivity index (χ4v) is 1.30. The van der Waals surface area contributed by atoms with Gasteiger partial charge in [0, 0.05) is 0 Å². The second-order valence-corrected chi connectivity index (χ2v) is 3.07. The summed E-state index contributed by atoms with van der Waals surface area (Å²) in [4.78, 5) is 3.18. The van der Waals surface area contributed by atoms with Gasteiger partial charge < -0.3 is 0 Å². The van der Waals surface area contributed by atoms with Crippen molar-refractivity contribution in [3.05, 3.63) is 40.2 Å². The van der Waals surface area contributed by atoms with Gasteiger partial charge in [0.2, 0.25) is 0 Å². The maximum absolute atomic E-state index is 12.3. The lowest BCUT2D eigenvalue weighted by atomic mass is 10.0. The Balaban J connectivity index is 3.37. The van der Waals surface area contributed by atoms with Gasteiger partial charge in [-0.05, 0) is 25.0 Å². The Morgan fingerprint density at radius 3 is 1.86 bits per heavy atom. The zero-order valence-electron chi connectivity index (χ0n) is 7.74. The van der Waals surface area contributed by atoms with Crippen molar-refractivity contribution in [2.75, 3.05) is 0 Å². The van der Waals surface area contributed by atoms with E-state index in [1.54, 1.807) is 0 Å². The van der Waals surface area contributed by atoms with Crippen LogP contribution in [0.4, 0.5) is 18.9 Å². The SMILES string of the molecule is [C-]#[N+]c1c(C)cc(C(F)(F)F)cc1C. The van der Waals surface area contributed by atoms with Gasteiger partial charge in [0.15, 0.2) is 5.69 Å². The molecule has 0 atom stereocenters. The van der Waals surface area contributed by atoms with Crippen molar-refractivity contribution in [1.29, 1.82) is 0 Å². The number of hydrogen-bond acceptors (Lipinski definition) is 0. The van der Waals surface area contributed by atoms with Gasteiger partial charge in [-0.1, -0.05) is 12.1 Å². The first kappa shape index (κ1) is 10.6. The van der Waals surface area contributed by atoms with Gasteiger partial charge in [0.05, 0.1) is 12.1 Å². The first-order chi connectivity index (χ1) is 6.36. The zero-order valence-corrected chi connectivity index (χ0v) is 7.74. The Hall–Kier alpha value is -1.50. The van der Waals surface area contributed by atoms with E-state index >= 15 is 0 Å². The molecular weight excluding hydrogens is 191 g/mol. The van der Waals surface area contributed by atoms with Crippen LogP contribution in [-0.2, 0) is 6.18 Å². The molecule has 0 amide bonds. The van der Waals surface area contributed by atoms with Gasteiger partial charge in [-0.3, -0.25) is 0 Å². The fourth-order valence-electron chi connectivity index (χ4n) is 1.30. The Labute approximate surface area is 80.0 Å². The summed E-state index contributed by atoms with van der Waals surface area (Å²) in [6.45, 7) is 9.81. The quantitative estimate of drug-likeness (QED) is 0.558. The molecule has 0 aromatic heterocycles. The highest BCUT2D eigenvalue weighted by atomic mass is 19.4. The van der Waals surface area contributed by atoms with Gasteiger partial charge >= 0.3 is 6.18 Å². The van der Waals surface area contributed by atoms with Crippen molar-refractivity contribution in [3.63, 3.8) is 0 Å². The van der Waals surface area contributed by atoms with Crippen LogP contribution in [0.5, 0.6) is 0 Å². The molecule has 0 unspecified atom stereocenters. The molecule has 0 heterocycles. The Morgan fingerprint density at radius 2 is 1.57 bits per heavy atom. The van der Waals surface area contributed by atoms with Gasteiger partial charge in [0.1, 0.15) is 0 Å². The molecule has 74 valence electrons. The normalized spacial score (nSPS) is 11.1. The third-order valence-electron chi connectivity index (χ3n) is 1.93. The van der Waals surface area contributed by atoms with E-state index in [9.17, 15) is 13.2 Å². The average Bonchev–Trinajstić information content (AvgIpc) is 2.01. The van der Waals surface area contributed by atoms with E-state index in [1.165, 1.54) is 13.8 Å². The Kier molecular flexibility index (Phi) is 2.52. The molecule has 0 N–H and O–H groups in total. The van der Waals surface area contributed by atoms with Gasteiger partial charge in [-0.2, -0.15) is 13.2 Å². The van der Waals surface area contributed by atoms with Crippen molar-refractivity contribution in [2.24, 2.45) is 0 Å². The summed E-state index contributed by atoms with van der Waals surface area (Å²) in [6, 6.07) is 2.00. The van der Waals surface area contributed by atoms with Crippen LogP contribution in [0.25, 0.3) is 4.85 Å². The number of halogens is 3. The highest BCUT2D eigenvalue weighted by Gasteiger charge is 2.31. The molecule has 1 rings (SSSR count). The van der Waals surface area contributed by atoms with Crippen LogP contribution in [0.3, 0.4) is 0 Å². The maximum atomic E-state index is 12.3. The van der Waals surface area contributed by atoms with Crippen LogP contribution >= 0.6 is 0 Å². The predicted molar refractivity (Wildman–Crippen MR) is 47.2 cm³/mol. The van der Waals surface area contributed by atoms with E-state index in [2.05, 4.69) is 4.85 Å². The molecule has 0 aliphatic rings. The van der Waals surface area contributed by atoms with E-state index in [-0.39, 0.29) is 0 Å². The average molecular weight is 199 g/mol. The third-order valence-corrected chi connectivity index (χ3v) is 1.93. The summed E-state index contributed by atoms with van der Waals surface area (Å²) in [6.07, 6.45) is -4.34. The van der Waals surface area contributed by atoms with Crippen LogP contribution < -0.4 is 0 Å². The van der Waals surface area contributed by atoms with Gasteiger partial charge in [-0.25, -0.2) is 4.85 Å². The van der Waals surface area contributed by atoms with E-state index in [0.717, 1.165) is 12.1 Å². The first-order valence-electron chi connectivity index (χ1n) is 3.92. The van der Waals surface area contributed by atoms with Gasteiger partial charge in [0.25, 0.3) is 0 Å². The summed E-state index contributed by atoms with van der Waals surface area (Å²) < 4.78 is 36.9. The summed E-state index contributed by atoms with van der Waals surface area (Å²) in [5.41, 5.74) is 0.345. The van der Waals surface area contributed by atoms with Crippen LogP contribution in [0.1, 0.15) is 16.7 Å². The van der Waals surface area contributed by atoms with Crippen molar-refractivity contribution < 1.29 is 13.2 Å². The van der Waals surface area contributed by atoms with Crippen LogP contribution in [0.15, 0.2) is 12.1 Å². The Bertz CT molecular complexity index is 376. The smallest absolute Gasteiger partial charge is 0.238 e. The van der Waals surface area contributed by atoms with E-state index < -0.39 is 11.7 Å². The molecule has 0 radical (unpaired) electrons.